The Kier molecular flexibility index (Phi) is 8.92. The number of hydrogen-bond donors (Lipinski definition) is 1. The molecule has 1 aromatic carbocycles. The first-order chi connectivity index (χ1) is 15.4. The van der Waals surface area contributed by atoms with Crippen LogP contribution in [0.5, 0.6) is 0 Å². The molecule has 5 heteroatoms. The molecule has 0 heterocycles. The van der Waals surface area contributed by atoms with E-state index >= 15 is 0 Å². The first kappa shape index (κ1) is 24.5. The van der Waals surface area contributed by atoms with Crippen molar-refractivity contribution in [3.63, 3.8) is 0 Å². The van der Waals surface area contributed by atoms with Gasteiger partial charge in [-0.05, 0) is 74.7 Å². The number of methoxy groups -OCH3 is 1. The summed E-state index contributed by atoms with van der Waals surface area (Å²) in [5.74, 6) is -0.147. The Labute approximate surface area is 193 Å². The van der Waals surface area contributed by atoms with E-state index in [9.17, 15) is 9.59 Å². The number of ether oxygens (including phenoxy) is 1. The number of carbonyl (C=O) groups excluding carboxylic acids is 2. The molecule has 3 rings (SSSR count). The van der Waals surface area contributed by atoms with Gasteiger partial charge in [-0.25, -0.2) is 0 Å². The van der Waals surface area contributed by atoms with Crippen LogP contribution in [0.3, 0.4) is 0 Å². The second-order valence-electron chi connectivity index (χ2n) is 9.99. The van der Waals surface area contributed by atoms with E-state index < -0.39 is 0 Å². The molecule has 0 aliphatic heterocycles. The van der Waals surface area contributed by atoms with Crippen molar-refractivity contribution in [3.8, 4) is 0 Å². The molecule has 5 nitrogen and oxygen atoms in total. The number of likely N-dealkylation sites (N-methyl/N-ethyl adjacent to an activating group) is 1. The molecule has 0 spiro atoms. The van der Waals surface area contributed by atoms with Crippen LogP contribution in [0.25, 0.3) is 5.57 Å². The lowest BCUT2D eigenvalue weighted by molar-refractivity contribution is -0.144. The average Bonchev–Trinajstić information content (AvgIpc) is 2.78. The molecule has 1 amide bonds. The molecule has 1 aromatic rings. The quantitative estimate of drug-likeness (QED) is 0.563. The molecule has 1 fully saturated rings. The smallest absolute Gasteiger partial charge is 0.306 e. The van der Waals surface area contributed by atoms with Crippen molar-refractivity contribution < 1.29 is 14.3 Å². The Bertz CT molecular complexity index is 822. The summed E-state index contributed by atoms with van der Waals surface area (Å²) in [5.41, 5.74) is 5.15. The summed E-state index contributed by atoms with van der Waals surface area (Å²) >= 11 is 0. The monoisotopic (exact) mass is 440 g/mol. The molecule has 0 unspecified atom stereocenters. The van der Waals surface area contributed by atoms with Crippen LogP contribution >= 0.6 is 0 Å². The van der Waals surface area contributed by atoms with Crippen LogP contribution in [0.15, 0.2) is 29.8 Å². The van der Waals surface area contributed by atoms with Crippen molar-refractivity contribution in [2.24, 2.45) is 5.41 Å². The van der Waals surface area contributed by atoms with E-state index in [0.29, 0.717) is 19.4 Å². The number of carbonyl (C=O) groups is 2. The van der Waals surface area contributed by atoms with Gasteiger partial charge in [0.2, 0.25) is 5.91 Å². The van der Waals surface area contributed by atoms with Crippen LogP contribution in [0, 0.1) is 5.41 Å². The molecule has 2 aliphatic carbocycles. The summed E-state index contributed by atoms with van der Waals surface area (Å²) in [4.78, 5) is 27.0. The number of rotatable bonds is 9. The largest absolute Gasteiger partial charge is 0.469 e. The number of amides is 1. The van der Waals surface area contributed by atoms with Crippen molar-refractivity contribution >= 4 is 17.4 Å². The minimum Gasteiger partial charge on any atom is -0.469 e. The van der Waals surface area contributed by atoms with E-state index in [4.69, 9.17) is 4.74 Å². The zero-order chi connectivity index (χ0) is 23.0. The lowest BCUT2D eigenvalue weighted by Gasteiger charge is -2.36. The van der Waals surface area contributed by atoms with E-state index in [1.54, 1.807) is 0 Å². The maximum absolute atomic E-state index is 12.8. The minimum atomic E-state index is -0.178. The highest BCUT2D eigenvalue weighted by molar-refractivity contribution is 5.79. The fourth-order valence-electron chi connectivity index (χ4n) is 5.37. The van der Waals surface area contributed by atoms with Gasteiger partial charge in [0.1, 0.15) is 0 Å². The van der Waals surface area contributed by atoms with Crippen LogP contribution in [-0.4, -0.2) is 51.1 Å². The minimum absolute atomic E-state index is 0.0307. The van der Waals surface area contributed by atoms with Gasteiger partial charge in [-0.3, -0.25) is 9.59 Å². The van der Waals surface area contributed by atoms with Gasteiger partial charge in [0.15, 0.2) is 0 Å². The maximum Gasteiger partial charge on any atom is 0.306 e. The molecule has 0 aromatic heterocycles. The van der Waals surface area contributed by atoms with E-state index in [-0.39, 0.29) is 17.3 Å². The lowest BCUT2D eigenvalue weighted by atomic mass is 9.71. The Hall–Kier alpha value is -2.14. The van der Waals surface area contributed by atoms with Crippen LogP contribution in [0.1, 0.15) is 75.3 Å². The van der Waals surface area contributed by atoms with Crippen molar-refractivity contribution in [2.75, 3.05) is 34.3 Å². The van der Waals surface area contributed by atoms with E-state index in [1.165, 1.54) is 49.5 Å². The summed E-state index contributed by atoms with van der Waals surface area (Å²) in [6, 6.07) is 8.50. The molecule has 0 bridgehead atoms. The Morgan fingerprint density at radius 3 is 2.53 bits per heavy atom. The van der Waals surface area contributed by atoms with Crippen molar-refractivity contribution in [1.82, 2.24) is 10.2 Å². The number of nitrogens with zero attached hydrogens (tertiary/aromatic N) is 1. The van der Waals surface area contributed by atoms with E-state index in [0.717, 1.165) is 44.2 Å². The molecular formula is C27H40N2O3. The average molecular weight is 441 g/mol. The fraction of sp³-hybridized carbons (Fsp3) is 0.630. The molecule has 0 saturated heterocycles. The normalized spacial score (nSPS) is 18.5. The standard InChI is InChI=1S/C27H40N2O3/c1-29(2)19-23-11-5-6-13-24(23)22-12-9-10-21(16-22)17-25(30)28-20-27(18-26(31)32-3)14-7-4-8-15-27/h9-10,12,16H,4-8,11,13-15,17-20H2,1-3H3,(H,28,30). The number of benzene rings is 1. The maximum atomic E-state index is 12.8. The predicted molar refractivity (Wildman–Crippen MR) is 129 cm³/mol. The molecule has 32 heavy (non-hydrogen) atoms. The molecule has 1 saturated carbocycles. The SMILES string of the molecule is COC(=O)CC1(CNC(=O)Cc2cccc(C3=C(CN(C)C)CCCC3)c2)CCCCC1. The van der Waals surface area contributed by atoms with Gasteiger partial charge in [0.25, 0.3) is 0 Å². The van der Waals surface area contributed by atoms with Gasteiger partial charge >= 0.3 is 5.97 Å². The third kappa shape index (κ3) is 6.93. The summed E-state index contributed by atoms with van der Waals surface area (Å²) < 4.78 is 4.92. The van der Waals surface area contributed by atoms with Gasteiger partial charge in [-0.1, -0.05) is 49.1 Å². The Morgan fingerprint density at radius 2 is 1.81 bits per heavy atom. The van der Waals surface area contributed by atoms with Crippen LogP contribution in [-0.2, 0) is 20.7 Å². The Balaban J connectivity index is 1.65. The highest BCUT2D eigenvalue weighted by Gasteiger charge is 2.35. The molecule has 0 atom stereocenters. The first-order valence-electron chi connectivity index (χ1n) is 12.2. The first-order valence-corrected chi connectivity index (χ1v) is 12.2. The summed E-state index contributed by atoms with van der Waals surface area (Å²) in [6.07, 6.45) is 10.9. The summed E-state index contributed by atoms with van der Waals surface area (Å²) in [5, 5.41) is 3.14. The zero-order valence-corrected chi connectivity index (χ0v) is 20.2. The van der Waals surface area contributed by atoms with Crippen molar-refractivity contribution in [3.05, 3.63) is 41.0 Å². The van der Waals surface area contributed by atoms with Crippen LogP contribution < -0.4 is 5.32 Å². The number of nitrogens with one attached hydrogen (secondary N) is 1. The third-order valence-corrected chi connectivity index (χ3v) is 7.05. The Morgan fingerprint density at radius 1 is 1.06 bits per heavy atom. The number of hydrogen-bond acceptors (Lipinski definition) is 4. The second-order valence-corrected chi connectivity index (χ2v) is 9.99. The predicted octanol–water partition coefficient (Wildman–Crippen LogP) is 4.75. The van der Waals surface area contributed by atoms with Crippen molar-refractivity contribution in [2.45, 2.75) is 70.6 Å². The highest BCUT2D eigenvalue weighted by atomic mass is 16.5. The van der Waals surface area contributed by atoms with Crippen LogP contribution in [0.4, 0.5) is 0 Å². The van der Waals surface area contributed by atoms with Gasteiger partial charge in [0.05, 0.1) is 20.0 Å². The molecule has 0 radical (unpaired) electrons. The zero-order valence-electron chi connectivity index (χ0n) is 20.2. The van der Waals surface area contributed by atoms with Gasteiger partial charge < -0.3 is 15.0 Å². The second kappa shape index (κ2) is 11.6. The number of allylic oxidation sites excluding steroid dienone is 1. The molecule has 176 valence electrons. The molecule has 2 aliphatic rings. The van der Waals surface area contributed by atoms with E-state index in [2.05, 4.69) is 42.5 Å². The van der Waals surface area contributed by atoms with Gasteiger partial charge in [-0.15, -0.1) is 0 Å². The fourth-order valence-corrected chi connectivity index (χ4v) is 5.37. The third-order valence-electron chi connectivity index (χ3n) is 7.05. The van der Waals surface area contributed by atoms with E-state index in [1.807, 2.05) is 6.07 Å². The van der Waals surface area contributed by atoms with Crippen LogP contribution in [0.2, 0.25) is 0 Å². The topological polar surface area (TPSA) is 58.6 Å². The number of esters is 1. The lowest BCUT2D eigenvalue weighted by Crippen LogP contribution is -2.41. The summed E-state index contributed by atoms with van der Waals surface area (Å²) in [6.45, 7) is 1.56. The van der Waals surface area contributed by atoms with Crippen molar-refractivity contribution in [1.29, 1.82) is 0 Å². The summed E-state index contributed by atoms with van der Waals surface area (Å²) in [7, 11) is 5.69. The highest BCUT2D eigenvalue weighted by Crippen LogP contribution is 2.39. The molecule has 1 N–H and O–H groups in total. The molecular weight excluding hydrogens is 400 g/mol. The van der Waals surface area contributed by atoms with Gasteiger partial charge in [-0.2, -0.15) is 0 Å². The van der Waals surface area contributed by atoms with Gasteiger partial charge in [0, 0.05) is 13.1 Å².